The van der Waals surface area contributed by atoms with Crippen LogP contribution in [0.5, 0.6) is 0 Å². The van der Waals surface area contributed by atoms with Gasteiger partial charge in [0.1, 0.15) is 5.82 Å². The highest BCUT2D eigenvalue weighted by molar-refractivity contribution is 6.42. The zero-order valence-corrected chi connectivity index (χ0v) is 20.3. The number of nitrogens with zero attached hydrogens (tertiary/aromatic N) is 3. The Labute approximate surface area is 198 Å². The maximum Gasteiger partial charge on any atom is 0.254 e. The maximum absolute atomic E-state index is 12.8. The van der Waals surface area contributed by atoms with Crippen LogP contribution in [0, 0.1) is 6.92 Å². The topological polar surface area (TPSA) is 67.2 Å². The highest BCUT2D eigenvalue weighted by atomic mass is 35.5. The van der Waals surface area contributed by atoms with Crippen molar-refractivity contribution in [2.24, 2.45) is 0 Å². The van der Waals surface area contributed by atoms with Crippen LogP contribution < -0.4 is 5.32 Å². The van der Waals surface area contributed by atoms with Gasteiger partial charge in [0.05, 0.1) is 28.0 Å². The lowest BCUT2D eigenvalue weighted by atomic mass is 9.92. The largest absolute Gasteiger partial charge is 0.332 e. The molecule has 0 aliphatic rings. The Hall–Kier alpha value is -2.83. The average molecular weight is 473 g/mol. The van der Waals surface area contributed by atoms with Gasteiger partial charge in [-0.2, -0.15) is 5.10 Å². The first kappa shape index (κ1) is 23.8. The van der Waals surface area contributed by atoms with Crippen LogP contribution in [0.3, 0.4) is 0 Å². The molecule has 2 amide bonds. The standard InChI is InChI=1S/C24H26Cl2N4O2/c1-15-8-6-7-9-19(15)30-21(13-20(28-30)24(2,3)4)27-22(31)14-29(5)23(32)16-10-11-17(25)18(26)12-16/h6-13H,14H2,1-5H3,(H,27,31). The number of rotatable bonds is 5. The van der Waals surface area contributed by atoms with Crippen molar-refractivity contribution < 1.29 is 9.59 Å². The molecule has 32 heavy (non-hydrogen) atoms. The zero-order valence-electron chi connectivity index (χ0n) is 18.7. The summed E-state index contributed by atoms with van der Waals surface area (Å²) in [5.74, 6) is -0.123. The second-order valence-corrected chi connectivity index (χ2v) is 9.52. The quantitative estimate of drug-likeness (QED) is 0.533. The Balaban J connectivity index is 1.82. The molecule has 8 heteroatoms. The molecule has 168 valence electrons. The van der Waals surface area contributed by atoms with Gasteiger partial charge in [-0.05, 0) is 36.8 Å². The van der Waals surface area contributed by atoms with E-state index in [0.717, 1.165) is 16.9 Å². The number of aromatic nitrogens is 2. The van der Waals surface area contributed by atoms with Crippen LogP contribution in [-0.4, -0.2) is 40.1 Å². The summed E-state index contributed by atoms with van der Waals surface area (Å²) in [6, 6.07) is 14.3. The highest BCUT2D eigenvalue weighted by Crippen LogP contribution is 2.27. The number of hydrogen-bond donors (Lipinski definition) is 1. The van der Waals surface area contributed by atoms with Crippen molar-refractivity contribution in [2.45, 2.75) is 33.1 Å². The lowest BCUT2D eigenvalue weighted by Crippen LogP contribution is -2.35. The SMILES string of the molecule is Cc1ccccc1-n1nc(C(C)(C)C)cc1NC(=O)CN(C)C(=O)c1ccc(Cl)c(Cl)c1. The predicted octanol–water partition coefficient (Wildman–Crippen LogP) is 5.50. The fourth-order valence-electron chi connectivity index (χ4n) is 3.14. The summed E-state index contributed by atoms with van der Waals surface area (Å²) in [7, 11) is 1.56. The van der Waals surface area contributed by atoms with E-state index in [9.17, 15) is 9.59 Å². The van der Waals surface area contributed by atoms with E-state index in [2.05, 4.69) is 26.1 Å². The molecule has 0 fully saturated rings. The molecule has 0 aliphatic carbocycles. The summed E-state index contributed by atoms with van der Waals surface area (Å²) in [4.78, 5) is 26.8. The van der Waals surface area contributed by atoms with Crippen LogP contribution in [-0.2, 0) is 10.2 Å². The minimum Gasteiger partial charge on any atom is -0.332 e. The van der Waals surface area contributed by atoms with E-state index in [1.807, 2.05) is 37.3 Å². The molecule has 1 heterocycles. The number of amides is 2. The first-order chi connectivity index (χ1) is 15.0. The van der Waals surface area contributed by atoms with Gasteiger partial charge in [-0.3, -0.25) is 9.59 Å². The van der Waals surface area contributed by atoms with E-state index in [0.29, 0.717) is 16.4 Å². The number of halogens is 2. The molecule has 0 saturated heterocycles. The molecule has 1 N–H and O–H groups in total. The van der Waals surface area contributed by atoms with Crippen molar-refractivity contribution >= 4 is 40.8 Å². The van der Waals surface area contributed by atoms with Crippen LogP contribution >= 0.6 is 23.2 Å². The van der Waals surface area contributed by atoms with E-state index in [-0.39, 0.29) is 28.8 Å². The molecule has 0 aliphatic heterocycles. The second-order valence-electron chi connectivity index (χ2n) is 8.70. The Morgan fingerprint density at radius 2 is 1.75 bits per heavy atom. The molecule has 1 aromatic heterocycles. The van der Waals surface area contributed by atoms with Crippen molar-refractivity contribution in [3.05, 3.63) is 75.4 Å². The lowest BCUT2D eigenvalue weighted by Gasteiger charge is -2.17. The molecule has 0 unspecified atom stereocenters. The number of anilines is 1. The normalized spacial score (nSPS) is 11.3. The third-order valence-corrected chi connectivity index (χ3v) is 5.72. The van der Waals surface area contributed by atoms with Crippen molar-refractivity contribution in [3.8, 4) is 5.69 Å². The van der Waals surface area contributed by atoms with Gasteiger partial charge >= 0.3 is 0 Å². The molecule has 0 spiro atoms. The van der Waals surface area contributed by atoms with E-state index in [4.69, 9.17) is 28.3 Å². The molecular formula is C24H26Cl2N4O2. The summed E-state index contributed by atoms with van der Waals surface area (Å²) in [6.45, 7) is 8.04. The van der Waals surface area contributed by atoms with Crippen LogP contribution in [0.4, 0.5) is 5.82 Å². The third kappa shape index (κ3) is 5.31. The van der Waals surface area contributed by atoms with E-state index in [1.165, 1.54) is 11.0 Å². The maximum atomic E-state index is 12.8. The monoisotopic (exact) mass is 472 g/mol. The smallest absolute Gasteiger partial charge is 0.254 e. The Kier molecular flexibility index (Phi) is 6.96. The summed E-state index contributed by atoms with van der Waals surface area (Å²) >= 11 is 11.9. The van der Waals surface area contributed by atoms with Gasteiger partial charge in [-0.25, -0.2) is 4.68 Å². The van der Waals surface area contributed by atoms with Gasteiger partial charge in [0.25, 0.3) is 5.91 Å². The van der Waals surface area contributed by atoms with E-state index < -0.39 is 0 Å². The van der Waals surface area contributed by atoms with Crippen LogP contribution in [0.15, 0.2) is 48.5 Å². The summed E-state index contributed by atoms with van der Waals surface area (Å²) in [5.41, 5.74) is 2.90. The first-order valence-electron chi connectivity index (χ1n) is 10.1. The molecular weight excluding hydrogens is 447 g/mol. The number of nitrogens with one attached hydrogen (secondary N) is 1. The molecule has 6 nitrogen and oxygen atoms in total. The number of likely N-dealkylation sites (N-methyl/N-ethyl adjacent to an activating group) is 1. The molecule has 0 bridgehead atoms. The number of carbonyl (C=O) groups is 2. The summed E-state index contributed by atoms with van der Waals surface area (Å²) < 4.78 is 1.73. The average Bonchev–Trinajstić information content (AvgIpc) is 3.13. The van der Waals surface area contributed by atoms with Gasteiger partial charge in [-0.1, -0.05) is 62.2 Å². The van der Waals surface area contributed by atoms with E-state index in [1.54, 1.807) is 23.9 Å². The van der Waals surface area contributed by atoms with Crippen LogP contribution in [0.2, 0.25) is 10.0 Å². The number of carbonyl (C=O) groups excluding carboxylic acids is 2. The van der Waals surface area contributed by atoms with Crippen molar-refractivity contribution in [1.29, 1.82) is 0 Å². The Morgan fingerprint density at radius 3 is 2.38 bits per heavy atom. The predicted molar refractivity (Wildman–Crippen MR) is 129 cm³/mol. The number of benzene rings is 2. The molecule has 0 radical (unpaired) electrons. The Morgan fingerprint density at radius 1 is 1.06 bits per heavy atom. The summed E-state index contributed by atoms with van der Waals surface area (Å²) in [6.07, 6.45) is 0. The van der Waals surface area contributed by atoms with Gasteiger partial charge in [0, 0.05) is 24.1 Å². The van der Waals surface area contributed by atoms with Crippen molar-refractivity contribution in [2.75, 3.05) is 18.9 Å². The first-order valence-corrected chi connectivity index (χ1v) is 10.9. The van der Waals surface area contributed by atoms with Crippen molar-refractivity contribution in [1.82, 2.24) is 14.7 Å². The molecule has 0 saturated carbocycles. The van der Waals surface area contributed by atoms with Gasteiger partial charge in [0.15, 0.2) is 0 Å². The summed E-state index contributed by atoms with van der Waals surface area (Å²) in [5, 5.41) is 8.29. The molecule has 3 aromatic rings. The highest BCUT2D eigenvalue weighted by Gasteiger charge is 2.23. The number of aryl methyl sites for hydroxylation is 1. The fourth-order valence-corrected chi connectivity index (χ4v) is 3.44. The van der Waals surface area contributed by atoms with E-state index >= 15 is 0 Å². The third-order valence-electron chi connectivity index (χ3n) is 4.98. The fraction of sp³-hybridized carbons (Fsp3) is 0.292. The van der Waals surface area contributed by atoms with Gasteiger partial charge in [-0.15, -0.1) is 0 Å². The minimum atomic E-state index is -0.337. The molecule has 0 atom stereocenters. The second kappa shape index (κ2) is 9.35. The molecule has 2 aromatic carbocycles. The number of hydrogen-bond acceptors (Lipinski definition) is 3. The zero-order chi connectivity index (χ0) is 23.6. The van der Waals surface area contributed by atoms with Gasteiger partial charge in [0.2, 0.25) is 5.91 Å². The van der Waals surface area contributed by atoms with Gasteiger partial charge < -0.3 is 10.2 Å². The Bertz CT molecular complexity index is 1170. The van der Waals surface area contributed by atoms with Crippen molar-refractivity contribution in [3.63, 3.8) is 0 Å². The van der Waals surface area contributed by atoms with Crippen LogP contribution in [0.25, 0.3) is 5.69 Å². The minimum absolute atomic E-state index is 0.136. The van der Waals surface area contributed by atoms with Crippen LogP contribution in [0.1, 0.15) is 42.4 Å². The molecule has 3 rings (SSSR count). The number of para-hydroxylation sites is 1. The lowest BCUT2D eigenvalue weighted by molar-refractivity contribution is -0.116.